The smallest absolute Gasteiger partial charge is 0.288 e. The Kier molecular flexibility index (Phi) is 5.66. The highest BCUT2D eigenvalue weighted by molar-refractivity contribution is 7.86. The van der Waals surface area contributed by atoms with Crippen LogP contribution in [0.25, 0.3) is 0 Å². The maximum Gasteiger partial charge on any atom is 0.522 e. The van der Waals surface area contributed by atoms with Crippen LogP contribution in [0, 0.1) is 0 Å². The molecule has 1 saturated heterocycles. The lowest BCUT2D eigenvalue weighted by atomic mass is 10.1. The topological polar surface area (TPSA) is 49.9 Å². The quantitative estimate of drug-likeness (QED) is 0.817. The Morgan fingerprint density at radius 2 is 1.78 bits per heavy atom. The monoisotopic (exact) mass is 352 g/mol. The lowest BCUT2D eigenvalue weighted by Crippen LogP contribution is -2.47. The fourth-order valence-electron chi connectivity index (χ4n) is 2.49. The van der Waals surface area contributed by atoms with Crippen molar-refractivity contribution < 1.29 is 26.3 Å². The van der Waals surface area contributed by atoms with Crippen molar-refractivity contribution in [2.45, 2.75) is 31.9 Å². The van der Waals surface area contributed by atoms with E-state index in [4.69, 9.17) is 0 Å². The number of hydrogen-bond donors (Lipinski definition) is 0. The van der Waals surface area contributed by atoms with E-state index in [2.05, 4.69) is 4.74 Å². The Bertz CT molecular complexity index is 599. The van der Waals surface area contributed by atoms with Crippen molar-refractivity contribution in [1.82, 2.24) is 8.61 Å². The van der Waals surface area contributed by atoms with E-state index in [-0.39, 0.29) is 32.5 Å². The molecule has 0 N–H and O–H groups in total. The van der Waals surface area contributed by atoms with Gasteiger partial charge in [0.15, 0.2) is 0 Å². The standard InChI is InChI=1S/C14H19F3N2O3S/c1-18(11-12-5-3-2-4-6-12)23(20,21)19-9-7-13(8-10-19)22-14(15,16)17/h2-6,13H,7-11H2,1H3. The third-order valence-electron chi connectivity index (χ3n) is 3.67. The molecule has 1 aromatic rings. The minimum atomic E-state index is -4.68. The van der Waals surface area contributed by atoms with Crippen LogP contribution in [0.2, 0.25) is 0 Å². The number of nitrogens with zero attached hydrogens (tertiary/aromatic N) is 2. The summed E-state index contributed by atoms with van der Waals surface area (Å²) in [5, 5.41) is 0. The molecule has 1 heterocycles. The van der Waals surface area contributed by atoms with Crippen LogP contribution in [0.4, 0.5) is 13.2 Å². The van der Waals surface area contributed by atoms with Gasteiger partial charge in [-0.2, -0.15) is 17.0 Å². The second kappa shape index (κ2) is 7.16. The fraction of sp³-hybridized carbons (Fsp3) is 0.571. The number of ether oxygens (including phenoxy) is 1. The first-order valence-corrected chi connectivity index (χ1v) is 8.58. The van der Waals surface area contributed by atoms with E-state index >= 15 is 0 Å². The van der Waals surface area contributed by atoms with Crippen LogP contribution in [0.5, 0.6) is 0 Å². The van der Waals surface area contributed by atoms with Crippen molar-refractivity contribution in [3.63, 3.8) is 0 Å². The minimum absolute atomic E-state index is 0.0161. The van der Waals surface area contributed by atoms with Gasteiger partial charge in [0.05, 0.1) is 6.10 Å². The Morgan fingerprint density at radius 1 is 1.22 bits per heavy atom. The van der Waals surface area contributed by atoms with Gasteiger partial charge in [-0.1, -0.05) is 30.3 Å². The highest BCUT2D eigenvalue weighted by Crippen LogP contribution is 2.26. The van der Waals surface area contributed by atoms with Gasteiger partial charge in [0.25, 0.3) is 10.2 Å². The molecule has 1 aliphatic heterocycles. The summed E-state index contributed by atoms with van der Waals surface area (Å²) in [5.41, 5.74) is 0.842. The molecule has 1 aliphatic rings. The Morgan fingerprint density at radius 3 is 2.30 bits per heavy atom. The third-order valence-corrected chi connectivity index (χ3v) is 5.60. The molecule has 23 heavy (non-hydrogen) atoms. The molecule has 5 nitrogen and oxygen atoms in total. The highest BCUT2D eigenvalue weighted by Gasteiger charge is 2.37. The lowest BCUT2D eigenvalue weighted by Gasteiger charge is -2.33. The molecule has 0 radical (unpaired) electrons. The molecule has 0 unspecified atom stereocenters. The molecule has 1 aromatic carbocycles. The van der Waals surface area contributed by atoms with Gasteiger partial charge in [-0.15, -0.1) is 13.2 Å². The maximum atomic E-state index is 12.5. The van der Waals surface area contributed by atoms with Gasteiger partial charge in [0.2, 0.25) is 0 Å². The average molecular weight is 352 g/mol. The summed E-state index contributed by atoms with van der Waals surface area (Å²) in [6.45, 7) is 0.243. The highest BCUT2D eigenvalue weighted by atomic mass is 32.2. The van der Waals surface area contributed by atoms with E-state index in [0.29, 0.717) is 0 Å². The van der Waals surface area contributed by atoms with Crippen LogP contribution in [0.1, 0.15) is 18.4 Å². The molecule has 0 amide bonds. The first kappa shape index (κ1) is 18.2. The number of rotatable bonds is 5. The molecule has 0 spiro atoms. The van der Waals surface area contributed by atoms with Gasteiger partial charge in [-0.3, -0.25) is 4.74 Å². The molecular formula is C14H19F3N2O3S. The van der Waals surface area contributed by atoms with E-state index in [0.717, 1.165) is 5.56 Å². The van der Waals surface area contributed by atoms with Gasteiger partial charge in [0.1, 0.15) is 0 Å². The van der Waals surface area contributed by atoms with Crippen molar-refractivity contribution in [3.05, 3.63) is 35.9 Å². The van der Waals surface area contributed by atoms with Gasteiger partial charge >= 0.3 is 6.36 Å². The second-order valence-corrected chi connectivity index (χ2v) is 7.45. The number of halogens is 3. The van der Waals surface area contributed by atoms with Crippen LogP contribution in [-0.4, -0.2) is 49.6 Å². The first-order chi connectivity index (χ1) is 10.7. The summed E-state index contributed by atoms with van der Waals surface area (Å²) < 4.78 is 67.8. The molecule has 0 saturated carbocycles. The Labute approximate surface area is 133 Å². The van der Waals surface area contributed by atoms with Crippen molar-refractivity contribution in [3.8, 4) is 0 Å². The number of alkyl halides is 3. The summed E-state index contributed by atoms with van der Waals surface area (Å²) in [6.07, 6.45) is -5.62. The van der Waals surface area contributed by atoms with Crippen molar-refractivity contribution in [2.75, 3.05) is 20.1 Å². The fourth-order valence-corrected chi connectivity index (χ4v) is 3.87. The Hall–Kier alpha value is -1.16. The van der Waals surface area contributed by atoms with Crippen LogP contribution >= 0.6 is 0 Å². The van der Waals surface area contributed by atoms with Crippen molar-refractivity contribution >= 4 is 10.2 Å². The zero-order chi connectivity index (χ0) is 17.1. The SMILES string of the molecule is CN(Cc1ccccc1)S(=O)(=O)N1CCC(OC(F)(F)F)CC1. The molecule has 0 aliphatic carbocycles. The molecule has 0 aromatic heterocycles. The number of piperidine rings is 1. The van der Waals surface area contributed by atoms with E-state index in [1.165, 1.54) is 15.7 Å². The molecule has 9 heteroatoms. The van der Waals surface area contributed by atoms with E-state index in [1.807, 2.05) is 30.3 Å². The molecule has 130 valence electrons. The van der Waals surface area contributed by atoms with E-state index in [1.54, 1.807) is 0 Å². The van der Waals surface area contributed by atoms with Crippen molar-refractivity contribution in [2.24, 2.45) is 0 Å². The van der Waals surface area contributed by atoms with Crippen LogP contribution in [-0.2, 0) is 21.5 Å². The molecule has 0 bridgehead atoms. The number of benzene rings is 1. The van der Waals surface area contributed by atoms with E-state index in [9.17, 15) is 21.6 Å². The van der Waals surface area contributed by atoms with Crippen molar-refractivity contribution in [1.29, 1.82) is 0 Å². The zero-order valence-corrected chi connectivity index (χ0v) is 13.5. The summed E-state index contributed by atoms with van der Waals surface area (Å²) in [5.74, 6) is 0. The minimum Gasteiger partial charge on any atom is -0.288 e. The van der Waals surface area contributed by atoms with Crippen LogP contribution < -0.4 is 0 Å². The third kappa shape index (κ3) is 5.17. The summed E-state index contributed by atoms with van der Waals surface area (Å²) in [4.78, 5) is 0. The summed E-state index contributed by atoms with van der Waals surface area (Å²) in [7, 11) is -2.24. The molecule has 0 atom stereocenters. The normalized spacial score (nSPS) is 18.5. The molecular weight excluding hydrogens is 333 g/mol. The Balaban J connectivity index is 1.93. The number of hydrogen-bond acceptors (Lipinski definition) is 3. The average Bonchev–Trinajstić information content (AvgIpc) is 2.47. The summed E-state index contributed by atoms with van der Waals surface area (Å²) >= 11 is 0. The molecule has 1 fully saturated rings. The molecule has 2 rings (SSSR count). The van der Waals surface area contributed by atoms with Crippen LogP contribution in [0.3, 0.4) is 0 Å². The van der Waals surface area contributed by atoms with Gasteiger partial charge in [-0.25, -0.2) is 0 Å². The maximum absolute atomic E-state index is 12.5. The summed E-state index contributed by atoms with van der Waals surface area (Å²) in [6, 6.07) is 9.10. The zero-order valence-electron chi connectivity index (χ0n) is 12.7. The predicted octanol–water partition coefficient (Wildman–Crippen LogP) is 2.36. The van der Waals surface area contributed by atoms with E-state index < -0.39 is 22.7 Å². The first-order valence-electron chi connectivity index (χ1n) is 7.18. The second-order valence-electron chi connectivity index (χ2n) is 5.41. The van der Waals surface area contributed by atoms with Gasteiger partial charge < -0.3 is 0 Å². The van der Waals surface area contributed by atoms with Crippen LogP contribution in [0.15, 0.2) is 30.3 Å². The largest absolute Gasteiger partial charge is 0.522 e. The predicted molar refractivity (Wildman–Crippen MR) is 78.6 cm³/mol. The lowest BCUT2D eigenvalue weighted by molar-refractivity contribution is -0.345. The van der Waals surface area contributed by atoms with Gasteiger partial charge in [0, 0.05) is 26.7 Å². The van der Waals surface area contributed by atoms with Gasteiger partial charge in [-0.05, 0) is 18.4 Å².